The van der Waals surface area contributed by atoms with Gasteiger partial charge in [0.25, 0.3) is 0 Å². The summed E-state index contributed by atoms with van der Waals surface area (Å²) in [5.74, 6) is -0.250. The standard InChI is InChI=1S/C12H10FN3S/c1-6-11(16-12(14)17-6)9-5-15-10-4-7(13)2-3-8(9)10/h2-5,15H,1H3,(H2,14,16). The van der Waals surface area contributed by atoms with E-state index in [0.29, 0.717) is 5.13 Å². The Kier molecular flexibility index (Phi) is 2.16. The van der Waals surface area contributed by atoms with Crippen molar-refractivity contribution in [2.45, 2.75) is 6.92 Å². The van der Waals surface area contributed by atoms with Crippen LogP contribution in [0, 0.1) is 12.7 Å². The monoisotopic (exact) mass is 247 g/mol. The molecule has 0 unspecified atom stereocenters. The molecule has 0 amide bonds. The fourth-order valence-corrected chi connectivity index (χ4v) is 2.66. The summed E-state index contributed by atoms with van der Waals surface area (Å²) in [6.07, 6.45) is 1.84. The quantitative estimate of drug-likeness (QED) is 0.693. The number of halogens is 1. The first kappa shape index (κ1) is 10.3. The van der Waals surface area contributed by atoms with E-state index in [0.717, 1.165) is 27.0 Å². The first-order chi connectivity index (χ1) is 8.15. The zero-order valence-corrected chi connectivity index (χ0v) is 9.94. The summed E-state index contributed by atoms with van der Waals surface area (Å²) in [6, 6.07) is 4.68. The smallest absolute Gasteiger partial charge is 0.180 e. The van der Waals surface area contributed by atoms with Gasteiger partial charge < -0.3 is 10.7 Å². The van der Waals surface area contributed by atoms with Gasteiger partial charge in [-0.05, 0) is 25.1 Å². The molecule has 86 valence electrons. The van der Waals surface area contributed by atoms with E-state index in [4.69, 9.17) is 5.73 Å². The number of anilines is 1. The Balaban J connectivity index is 2.28. The Morgan fingerprint density at radius 3 is 2.94 bits per heavy atom. The Morgan fingerprint density at radius 1 is 1.41 bits per heavy atom. The van der Waals surface area contributed by atoms with Crippen LogP contribution in [-0.4, -0.2) is 9.97 Å². The van der Waals surface area contributed by atoms with Gasteiger partial charge in [0, 0.05) is 27.5 Å². The summed E-state index contributed by atoms with van der Waals surface area (Å²) < 4.78 is 13.1. The highest BCUT2D eigenvalue weighted by Crippen LogP contribution is 2.33. The number of aromatic nitrogens is 2. The van der Waals surface area contributed by atoms with Gasteiger partial charge >= 0.3 is 0 Å². The zero-order valence-electron chi connectivity index (χ0n) is 9.12. The Labute approximate surface area is 101 Å². The molecule has 3 rings (SSSR count). The lowest BCUT2D eigenvalue weighted by atomic mass is 10.1. The van der Waals surface area contributed by atoms with Crippen molar-refractivity contribution in [3.8, 4) is 11.3 Å². The van der Waals surface area contributed by atoms with Gasteiger partial charge in [-0.25, -0.2) is 9.37 Å². The summed E-state index contributed by atoms with van der Waals surface area (Å²) in [5, 5.41) is 1.51. The van der Waals surface area contributed by atoms with Crippen molar-refractivity contribution in [3.63, 3.8) is 0 Å². The van der Waals surface area contributed by atoms with E-state index in [1.54, 1.807) is 6.07 Å². The largest absolute Gasteiger partial charge is 0.375 e. The Bertz CT molecular complexity index is 699. The number of hydrogen-bond donors (Lipinski definition) is 2. The molecule has 3 aromatic rings. The molecule has 0 saturated carbocycles. The third kappa shape index (κ3) is 1.59. The molecular weight excluding hydrogens is 237 g/mol. The second-order valence-corrected chi connectivity index (χ2v) is 5.08. The van der Waals surface area contributed by atoms with E-state index in [2.05, 4.69) is 9.97 Å². The van der Waals surface area contributed by atoms with Crippen LogP contribution in [0.5, 0.6) is 0 Å². The summed E-state index contributed by atoms with van der Waals surface area (Å²) in [6.45, 7) is 1.98. The SMILES string of the molecule is Cc1sc(N)nc1-c1c[nH]c2cc(F)ccc12. The lowest BCUT2D eigenvalue weighted by Gasteiger charge is -1.96. The zero-order chi connectivity index (χ0) is 12.0. The predicted octanol–water partition coefficient (Wildman–Crippen LogP) is 3.32. The molecule has 0 aliphatic heterocycles. The third-order valence-electron chi connectivity index (χ3n) is 2.71. The number of nitrogens with one attached hydrogen (secondary N) is 1. The lowest BCUT2D eigenvalue weighted by molar-refractivity contribution is 0.629. The van der Waals surface area contributed by atoms with Gasteiger partial charge in [0.1, 0.15) is 5.82 Å². The molecule has 0 bridgehead atoms. The van der Waals surface area contributed by atoms with Gasteiger partial charge in [0.15, 0.2) is 5.13 Å². The molecule has 0 radical (unpaired) electrons. The van der Waals surface area contributed by atoms with Gasteiger partial charge in [-0.15, -0.1) is 11.3 Å². The molecule has 0 atom stereocenters. The van der Waals surface area contributed by atoms with Gasteiger partial charge in [-0.1, -0.05) is 0 Å². The predicted molar refractivity (Wildman–Crippen MR) is 68.5 cm³/mol. The number of nitrogens with zero attached hydrogens (tertiary/aromatic N) is 1. The van der Waals surface area contributed by atoms with Gasteiger partial charge in [-0.3, -0.25) is 0 Å². The van der Waals surface area contributed by atoms with E-state index in [1.165, 1.54) is 23.5 Å². The van der Waals surface area contributed by atoms with Crippen molar-refractivity contribution in [2.75, 3.05) is 5.73 Å². The number of nitrogen functional groups attached to an aromatic ring is 1. The van der Waals surface area contributed by atoms with Crippen molar-refractivity contribution < 1.29 is 4.39 Å². The van der Waals surface area contributed by atoms with Crippen molar-refractivity contribution >= 4 is 27.4 Å². The molecule has 2 aromatic heterocycles. The maximum atomic E-state index is 13.1. The van der Waals surface area contributed by atoms with Crippen LogP contribution in [0.4, 0.5) is 9.52 Å². The molecule has 2 heterocycles. The highest BCUT2D eigenvalue weighted by atomic mass is 32.1. The van der Waals surface area contributed by atoms with Crippen LogP contribution in [-0.2, 0) is 0 Å². The van der Waals surface area contributed by atoms with E-state index < -0.39 is 0 Å². The van der Waals surface area contributed by atoms with Gasteiger partial charge in [-0.2, -0.15) is 0 Å². The maximum absolute atomic E-state index is 13.1. The topological polar surface area (TPSA) is 54.7 Å². The number of thiazole rings is 1. The second-order valence-electron chi connectivity index (χ2n) is 3.85. The van der Waals surface area contributed by atoms with Crippen molar-refractivity contribution in [3.05, 3.63) is 35.1 Å². The summed E-state index contributed by atoms with van der Waals surface area (Å²) in [5.41, 5.74) is 8.29. The van der Waals surface area contributed by atoms with Gasteiger partial charge in [0.2, 0.25) is 0 Å². The van der Waals surface area contributed by atoms with Crippen LogP contribution in [0.1, 0.15) is 4.88 Å². The van der Waals surface area contributed by atoms with E-state index in [1.807, 2.05) is 13.1 Å². The molecule has 0 aliphatic carbocycles. The number of fused-ring (bicyclic) bond motifs is 1. The van der Waals surface area contributed by atoms with Crippen molar-refractivity contribution in [1.82, 2.24) is 9.97 Å². The maximum Gasteiger partial charge on any atom is 0.180 e. The number of nitrogens with two attached hydrogens (primary N) is 1. The molecule has 0 aliphatic rings. The van der Waals surface area contributed by atoms with Crippen LogP contribution in [0.25, 0.3) is 22.2 Å². The molecule has 3 nitrogen and oxygen atoms in total. The number of H-pyrrole nitrogens is 1. The average Bonchev–Trinajstić information content (AvgIpc) is 2.81. The molecule has 17 heavy (non-hydrogen) atoms. The number of aryl methyl sites for hydroxylation is 1. The minimum atomic E-state index is -0.250. The molecule has 0 fully saturated rings. The van der Waals surface area contributed by atoms with Crippen LogP contribution in [0.15, 0.2) is 24.4 Å². The molecule has 1 aromatic carbocycles. The fourth-order valence-electron chi connectivity index (χ4n) is 1.96. The normalized spacial score (nSPS) is 11.2. The summed E-state index contributed by atoms with van der Waals surface area (Å²) in [4.78, 5) is 8.42. The van der Waals surface area contributed by atoms with E-state index >= 15 is 0 Å². The fraction of sp³-hybridized carbons (Fsp3) is 0.0833. The highest BCUT2D eigenvalue weighted by molar-refractivity contribution is 7.15. The number of hydrogen-bond acceptors (Lipinski definition) is 3. The minimum Gasteiger partial charge on any atom is -0.375 e. The van der Waals surface area contributed by atoms with Crippen molar-refractivity contribution in [1.29, 1.82) is 0 Å². The number of rotatable bonds is 1. The van der Waals surface area contributed by atoms with Crippen molar-refractivity contribution in [2.24, 2.45) is 0 Å². The summed E-state index contributed by atoms with van der Waals surface area (Å²) in [7, 11) is 0. The van der Waals surface area contributed by atoms with Crippen LogP contribution >= 0.6 is 11.3 Å². The second kappa shape index (κ2) is 3.56. The first-order valence-corrected chi connectivity index (χ1v) is 5.96. The average molecular weight is 247 g/mol. The van der Waals surface area contributed by atoms with Crippen LogP contribution < -0.4 is 5.73 Å². The minimum absolute atomic E-state index is 0.250. The molecule has 0 spiro atoms. The third-order valence-corrected chi connectivity index (χ3v) is 3.51. The molecule has 0 saturated heterocycles. The number of aromatic amines is 1. The molecular formula is C12H10FN3S. The molecule has 3 N–H and O–H groups in total. The Hall–Kier alpha value is -1.88. The molecule has 5 heteroatoms. The highest BCUT2D eigenvalue weighted by Gasteiger charge is 2.12. The van der Waals surface area contributed by atoms with E-state index in [-0.39, 0.29) is 5.82 Å². The summed E-state index contributed by atoms with van der Waals surface area (Å²) >= 11 is 1.46. The Morgan fingerprint density at radius 2 is 2.24 bits per heavy atom. The van der Waals surface area contributed by atoms with Gasteiger partial charge in [0.05, 0.1) is 5.69 Å². The van der Waals surface area contributed by atoms with Crippen LogP contribution in [0.3, 0.4) is 0 Å². The van der Waals surface area contributed by atoms with Crippen LogP contribution in [0.2, 0.25) is 0 Å². The number of benzene rings is 1. The first-order valence-electron chi connectivity index (χ1n) is 5.15. The lowest BCUT2D eigenvalue weighted by Crippen LogP contribution is -1.83. The van der Waals surface area contributed by atoms with E-state index in [9.17, 15) is 4.39 Å².